The number of aromatic nitrogens is 4. The SMILES string of the molecule is Clc1cnc2nc(-c3ccc(N4CCNCC4)cc3)[nH]c2c1N1CCN(Cc2cccnc2)CC1. The van der Waals surface area contributed by atoms with Crippen LogP contribution in [0.3, 0.4) is 0 Å². The topological polar surface area (TPSA) is 76.2 Å². The van der Waals surface area contributed by atoms with Crippen LogP contribution in [0.1, 0.15) is 5.56 Å². The Bertz CT molecular complexity index is 1280. The largest absolute Gasteiger partial charge is 0.369 e. The number of imidazole rings is 1. The van der Waals surface area contributed by atoms with E-state index in [0.717, 1.165) is 81.5 Å². The van der Waals surface area contributed by atoms with Gasteiger partial charge in [-0.05, 0) is 35.9 Å². The fourth-order valence-electron chi connectivity index (χ4n) is 5.00. The Kier molecular flexibility index (Phi) is 6.24. The molecule has 0 unspecified atom stereocenters. The van der Waals surface area contributed by atoms with Gasteiger partial charge in [0.25, 0.3) is 0 Å². The van der Waals surface area contributed by atoms with Crippen LogP contribution in [0.2, 0.25) is 5.02 Å². The Balaban J connectivity index is 1.21. The maximum Gasteiger partial charge on any atom is 0.180 e. The predicted octanol–water partition coefficient (Wildman–Crippen LogP) is 3.41. The molecule has 2 fully saturated rings. The summed E-state index contributed by atoms with van der Waals surface area (Å²) >= 11 is 6.68. The lowest BCUT2D eigenvalue weighted by molar-refractivity contribution is 0.250. The average Bonchev–Trinajstić information content (AvgIpc) is 3.35. The molecule has 4 aromatic rings. The van der Waals surface area contributed by atoms with Crippen molar-refractivity contribution in [3.8, 4) is 11.4 Å². The van der Waals surface area contributed by atoms with Crippen LogP contribution in [-0.4, -0.2) is 77.2 Å². The molecule has 5 heterocycles. The van der Waals surface area contributed by atoms with Crippen molar-refractivity contribution in [3.05, 3.63) is 65.6 Å². The summed E-state index contributed by atoms with van der Waals surface area (Å²) < 4.78 is 0. The highest BCUT2D eigenvalue weighted by molar-refractivity contribution is 6.34. The lowest BCUT2D eigenvalue weighted by atomic mass is 10.1. The molecule has 3 aromatic heterocycles. The van der Waals surface area contributed by atoms with Gasteiger partial charge in [0.1, 0.15) is 11.3 Å². The van der Waals surface area contributed by atoms with Crippen LogP contribution in [0.4, 0.5) is 11.4 Å². The number of pyridine rings is 2. The molecular weight excluding hydrogens is 460 g/mol. The van der Waals surface area contributed by atoms with Gasteiger partial charge in [-0.3, -0.25) is 9.88 Å². The van der Waals surface area contributed by atoms with E-state index >= 15 is 0 Å². The molecule has 8 nitrogen and oxygen atoms in total. The molecule has 0 aliphatic carbocycles. The first-order chi connectivity index (χ1) is 17.2. The van der Waals surface area contributed by atoms with Gasteiger partial charge < -0.3 is 20.1 Å². The van der Waals surface area contributed by atoms with Gasteiger partial charge in [0.15, 0.2) is 5.65 Å². The van der Waals surface area contributed by atoms with Gasteiger partial charge in [-0.25, -0.2) is 9.97 Å². The van der Waals surface area contributed by atoms with E-state index in [2.05, 4.69) is 65.3 Å². The summed E-state index contributed by atoms with van der Waals surface area (Å²) in [4.78, 5) is 24.3. The number of benzene rings is 1. The Morgan fingerprint density at radius 1 is 0.886 bits per heavy atom. The van der Waals surface area contributed by atoms with Gasteiger partial charge in [0, 0.05) is 82.5 Å². The van der Waals surface area contributed by atoms with Gasteiger partial charge in [0.2, 0.25) is 0 Å². The first-order valence-electron chi connectivity index (χ1n) is 12.2. The first kappa shape index (κ1) is 22.3. The van der Waals surface area contributed by atoms with E-state index in [-0.39, 0.29) is 0 Å². The standard InChI is InChI=1S/C26H29ClN8/c27-22-17-30-26-23(24(22)35-14-12-33(13-15-35)18-19-2-1-7-29-16-19)31-25(32-26)20-3-5-21(6-4-20)34-10-8-28-9-11-34/h1-7,16-17,28H,8-15,18H2,(H,30,31,32). The number of hydrogen-bond donors (Lipinski definition) is 2. The Hall–Kier alpha value is -3.20. The molecule has 35 heavy (non-hydrogen) atoms. The summed E-state index contributed by atoms with van der Waals surface area (Å²) in [7, 11) is 0. The van der Waals surface area contributed by atoms with Crippen molar-refractivity contribution in [1.82, 2.24) is 30.2 Å². The number of halogens is 1. The monoisotopic (exact) mass is 488 g/mol. The minimum atomic E-state index is 0.655. The van der Waals surface area contributed by atoms with E-state index in [9.17, 15) is 0 Å². The third kappa shape index (κ3) is 4.69. The van der Waals surface area contributed by atoms with Gasteiger partial charge in [-0.15, -0.1) is 0 Å². The zero-order chi connectivity index (χ0) is 23.6. The van der Waals surface area contributed by atoms with E-state index in [1.165, 1.54) is 11.3 Å². The van der Waals surface area contributed by atoms with E-state index in [0.29, 0.717) is 10.7 Å². The third-order valence-corrected chi connectivity index (χ3v) is 7.16. The quantitative estimate of drug-likeness (QED) is 0.446. The van der Waals surface area contributed by atoms with Gasteiger partial charge in [-0.2, -0.15) is 0 Å². The highest BCUT2D eigenvalue weighted by Gasteiger charge is 2.23. The number of hydrogen-bond acceptors (Lipinski definition) is 7. The van der Waals surface area contributed by atoms with Gasteiger partial charge in [-0.1, -0.05) is 17.7 Å². The second-order valence-electron chi connectivity index (χ2n) is 9.15. The summed E-state index contributed by atoms with van der Waals surface area (Å²) in [6.45, 7) is 8.75. The molecule has 2 aliphatic rings. The van der Waals surface area contributed by atoms with Crippen molar-refractivity contribution < 1.29 is 0 Å². The summed E-state index contributed by atoms with van der Waals surface area (Å²) in [6, 6.07) is 12.7. The number of fused-ring (bicyclic) bond motifs is 1. The highest BCUT2D eigenvalue weighted by atomic mass is 35.5. The molecule has 0 radical (unpaired) electrons. The zero-order valence-electron chi connectivity index (χ0n) is 19.6. The normalized spacial score (nSPS) is 17.3. The van der Waals surface area contributed by atoms with Crippen LogP contribution in [0.15, 0.2) is 55.0 Å². The van der Waals surface area contributed by atoms with Crippen molar-refractivity contribution >= 4 is 34.1 Å². The van der Waals surface area contributed by atoms with E-state index in [1.807, 2.05) is 18.5 Å². The molecule has 0 atom stereocenters. The number of rotatable bonds is 5. The number of nitrogens with one attached hydrogen (secondary N) is 2. The van der Waals surface area contributed by atoms with Crippen molar-refractivity contribution in [2.75, 3.05) is 62.2 Å². The molecule has 6 rings (SSSR count). The molecule has 0 saturated carbocycles. The summed E-state index contributed by atoms with van der Waals surface area (Å²) in [6.07, 6.45) is 5.48. The number of anilines is 2. The molecule has 0 bridgehead atoms. The lowest BCUT2D eigenvalue weighted by Crippen LogP contribution is -2.46. The van der Waals surface area contributed by atoms with E-state index in [4.69, 9.17) is 16.6 Å². The van der Waals surface area contributed by atoms with Crippen LogP contribution in [0.5, 0.6) is 0 Å². The minimum Gasteiger partial charge on any atom is -0.369 e. The van der Waals surface area contributed by atoms with Crippen LogP contribution in [0.25, 0.3) is 22.6 Å². The molecule has 0 spiro atoms. The molecule has 180 valence electrons. The molecule has 9 heteroatoms. The van der Waals surface area contributed by atoms with Crippen molar-refractivity contribution in [3.63, 3.8) is 0 Å². The van der Waals surface area contributed by atoms with Gasteiger partial charge in [0.05, 0.1) is 16.9 Å². The number of H-pyrrole nitrogens is 1. The maximum absolute atomic E-state index is 6.68. The first-order valence-corrected chi connectivity index (χ1v) is 12.6. The van der Waals surface area contributed by atoms with Crippen molar-refractivity contribution in [2.45, 2.75) is 6.54 Å². The van der Waals surface area contributed by atoms with Crippen LogP contribution in [0, 0.1) is 0 Å². The molecule has 2 N–H and O–H groups in total. The van der Waals surface area contributed by atoms with E-state index in [1.54, 1.807) is 6.20 Å². The Labute approximate surface area is 210 Å². The summed E-state index contributed by atoms with van der Waals surface area (Å²) in [5, 5.41) is 4.06. The summed E-state index contributed by atoms with van der Waals surface area (Å²) in [5.41, 5.74) is 6.13. The Morgan fingerprint density at radius 2 is 1.69 bits per heavy atom. The predicted molar refractivity (Wildman–Crippen MR) is 141 cm³/mol. The van der Waals surface area contributed by atoms with Crippen LogP contribution in [-0.2, 0) is 6.54 Å². The lowest BCUT2D eigenvalue weighted by Gasteiger charge is -2.36. The molecule has 2 aliphatic heterocycles. The third-order valence-electron chi connectivity index (χ3n) is 6.89. The van der Waals surface area contributed by atoms with Gasteiger partial charge >= 0.3 is 0 Å². The maximum atomic E-state index is 6.68. The average molecular weight is 489 g/mol. The summed E-state index contributed by atoms with van der Waals surface area (Å²) in [5.74, 6) is 0.818. The van der Waals surface area contributed by atoms with Crippen molar-refractivity contribution in [1.29, 1.82) is 0 Å². The number of aromatic amines is 1. The van der Waals surface area contributed by atoms with E-state index < -0.39 is 0 Å². The smallest absolute Gasteiger partial charge is 0.180 e. The Morgan fingerprint density at radius 3 is 2.43 bits per heavy atom. The fourth-order valence-corrected chi connectivity index (χ4v) is 5.26. The van der Waals surface area contributed by atoms with Crippen LogP contribution < -0.4 is 15.1 Å². The minimum absolute atomic E-state index is 0.655. The molecule has 1 aromatic carbocycles. The van der Waals surface area contributed by atoms with Crippen LogP contribution >= 0.6 is 11.6 Å². The second-order valence-corrected chi connectivity index (χ2v) is 9.55. The number of piperazine rings is 2. The van der Waals surface area contributed by atoms with Crippen molar-refractivity contribution in [2.24, 2.45) is 0 Å². The molecular formula is C26H29ClN8. The highest BCUT2D eigenvalue weighted by Crippen LogP contribution is 2.34. The molecule has 2 saturated heterocycles. The number of nitrogens with zero attached hydrogens (tertiary/aromatic N) is 6. The fraction of sp³-hybridized carbons (Fsp3) is 0.346. The zero-order valence-corrected chi connectivity index (χ0v) is 20.4. The molecule has 0 amide bonds. The second kappa shape index (κ2) is 9.81.